The molecular formula is C11H14N6. The van der Waals surface area contributed by atoms with Crippen LogP contribution in [-0.4, -0.2) is 15.0 Å². The number of nitrogens with two attached hydrogens (primary N) is 2. The van der Waals surface area contributed by atoms with Gasteiger partial charge in [0, 0.05) is 0 Å². The maximum atomic E-state index is 5.49. The number of hydrogen-bond donors (Lipinski definition) is 3. The molecular weight excluding hydrogens is 216 g/mol. The maximum absolute atomic E-state index is 5.49. The van der Waals surface area contributed by atoms with Crippen LogP contribution in [0, 0.1) is 0 Å². The lowest BCUT2D eigenvalue weighted by Crippen LogP contribution is -2.12. The molecule has 1 aromatic carbocycles. The standard InChI is InChI=1S/C11H14N6/c1-7(8-5-3-2-4-6-8)14-11-16-9(12)15-10(13)17-11/h2-7H,1H3,(H5,12,13,14,15,16,17). The fourth-order valence-electron chi connectivity index (χ4n) is 1.49. The van der Waals surface area contributed by atoms with Crippen molar-refractivity contribution in [2.75, 3.05) is 16.8 Å². The zero-order valence-electron chi connectivity index (χ0n) is 9.46. The third-order valence-electron chi connectivity index (χ3n) is 2.32. The Bertz CT molecular complexity index is 478. The van der Waals surface area contributed by atoms with Crippen LogP contribution in [-0.2, 0) is 0 Å². The van der Waals surface area contributed by atoms with Crippen LogP contribution in [0.5, 0.6) is 0 Å². The Kier molecular flexibility index (Phi) is 3.04. The molecule has 1 atom stereocenters. The minimum Gasteiger partial charge on any atom is -0.368 e. The molecule has 1 heterocycles. The number of nitrogens with zero attached hydrogens (tertiary/aromatic N) is 3. The topological polar surface area (TPSA) is 103 Å². The van der Waals surface area contributed by atoms with Gasteiger partial charge in [0.2, 0.25) is 17.8 Å². The van der Waals surface area contributed by atoms with Crippen LogP contribution in [0.4, 0.5) is 17.8 Å². The van der Waals surface area contributed by atoms with Crippen molar-refractivity contribution in [3.8, 4) is 0 Å². The fourth-order valence-corrected chi connectivity index (χ4v) is 1.49. The number of aromatic nitrogens is 3. The van der Waals surface area contributed by atoms with Gasteiger partial charge in [-0.05, 0) is 12.5 Å². The molecule has 0 bridgehead atoms. The maximum Gasteiger partial charge on any atom is 0.229 e. The lowest BCUT2D eigenvalue weighted by Gasteiger charge is -2.14. The second-order valence-electron chi connectivity index (χ2n) is 3.65. The summed E-state index contributed by atoms with van der Waals surface area (Å²) in [7, 11) is 0. The SMILES string of the molecule is CC(Nc1nc(N)nc(N)n1)c1ccccc1. The molecule has 0 spiro atoms. The van der Waals surface area contributed by atoms with E-state index in [9.17, 15) is 0 Å². The second-order valence-corrected chi connectivity index (χ2v) is 3.65. The third kappa shape index (κ3) is 2.81. The van der Waals surface area contributed by atoms with Crippen LogP contribution in [0.3, 0.4) is 0 Å². The first-order valence-electron chi connectivity index (χ1n) is 5.23. The zero-order chi connectivity index (χ0) is 12.3. The van der Waals surface area contributed by atoms with E-state index >= 15 is 0 Å². The molecule has 0 fully saturated rings. The molecule has 0 aliphatic rings. The second kappa shape index (κ2) is 4.65. The van der Waals surface area contributed by atoms with E-state index < -0.39 is 0 Å². The van der Waals surface area contributed by atoms with Crippen LogP contribution < -0.4 is 16.8 Å². The number of benzene rings is 1. The van der Waals surface area contributed by atoms with Crippen LogP contribution in [0.15, 0.2) is 30.3 Å². The van der Waals surface area contributed by atoms with Gasteiger partial charge in [0.05, 0.1) is 6.04 Å². The minimum absolute atomic E-state index is 0.0670. The summed E-state index contributed by atoms with van der Waals surface area (Å²) in [5, 5.41) is 3.12. The molecule has 17 heavy (non-hydrogen) atoms. The number of anilines is 3. The summed E-state index contributed by atoms with van der Waals surface area (Å²) in [6.45, 7) is 2.01. The van der Waals surface area contributed by atoms with E-state index in [1.807, 2.05) is 37.3 Å². The Labute approximate surface area is 99.1 Å². The highest BCUT2D eigenvalue weighted by molar-refractivity contribution is 5.39. The molecule has 0 saturated heterocycles. The summed E-state index contributed by atoms with van der Waals surface area (Å²) in [6, 6.07) is 10.0. The minimum atomic E-state index is 0.0670. The molecule has 0 saturated carbocycles. The van der Waals surface area contributed by atoms with Gasteiger partial charge in [0.25, 0.3) is 0 Å². The fraction of sp³-hybridized carbons (Fsp3) is 0.182. The predicted octanol–water partition coefficient (Wildman–Crippen LogP) is 1.21. The van der Waals surface area contributed by atoms with Crippen LogP contribution in [0.1, 0.15) is 18.5 Å². The van der Waals surface area contributed by atoms with E-state index in [0.29, 0.717) is 5.95 Å². The van der Waals surface area contributed by atoms with Gasteiger partial charge in [-0.1, -0.05) is 30.3 Å². The molecule has 2 rings (SSSR count). The Morgan fingerprint density at radius 1 is 1.00 bits per heavy atom. The van der Waals surface area contributed by atoms with Gasteiger partial charge < -0.3 is 16.8 Å². The van der Waals surface area contributed by atoms with Gasteiger partial charge in [0.15, 0.2) is 0 Å². The molecule has 0 aliphatic heterocycles. The molecule has 1 aromatic heterocycles. The average molecular weight is 230 g/mol. The monoisotopic (exact) mass is 230 g/mol. The predicted molar refractivity (Wildman–Crippen MR) is 67.1 cm³/mol. The number of hydrogen-bond acceptors (Lipinski definition) is 6. The van der Waals surface area contributed by atoms with E-state index in [0.717, 1.165) is 5.56 Å². The first-order valence-corrected chi connectivity index (χ1v) is 5.23. The highest BCUT2D eigenvalue weighted by Gasteiger charge is 2.07. The summed E-state index contributed by atoms with van der Waals surface area (Å²) in [4.78, 5) is 11.6. The summed E-state index contributed by atoms with van der Waals surface area (Å²) < 4.78 is 0. The van der Waals surface area contributed by atoms with Crippen molar-refractivity contribution in [2.24, 2.45) is 0 Å². The first-order chi connectivity index (χ1) is 8.15. The lowest BCUT2D eigenvalue weighted by atomic mass is 10.1. The van der Waals surface area contributed by atoms with E-state index in [4.69, 9.17) is 11.5 Å². The molecule has 6 heteroatoms. The normalized spacial score (nSPS) is 12.1. The van der Waals surface area contributed by atoms with Crippen LogP contribution in [0.25, 0.3) is 0 Å². The van der Waals surface area contributed by atoms with Gasteiger partial charge in [-0.2, -0.15) is 15.0 Å². The first kappa shape index (κ1) is 11.1. The van der Waals surface area contributed by atoms with Crippen molar-refractivity contribution in [3.05, 3.63) is 35.9 Å². The quantitative estimate of drug-likeness (QED) is 0.732. The summed E-state index contributed by atoms with van der Waals surface area (Å²) in [6.07, 6.45) is 0. The van der Waals surface area contributed by atoms with E-state index in [1.54, 1.807) is 0 Å². The van der Waals surface area contributed by atoms with Crippen LogP contribution >= 0.6 is 0 Å². The Morgan fingerprint density at radius 3 is 2.18 bits per heavy atom. The van der Waals surface area contributed by atoms with Crippen molar-refractivity contribution >= 4 is 17.8 Å². The Balaban J connectivity index is 2.16. The van der Waals surface area contributed by atoms with Crippen molar-refractivity contribution in [1.82, 2.24) is 15.0 Å². The lowest BCUT2D eigenvalue weighted by molar-refractivity contribution is 0.857. The molecule has 0 radical (unpaired) electrons. The van der Waals surface area contributed by atoms with E-state index in [-0.39, 0.29) is 17.9 Å². The van der Waals surface area contributed by atoms with Crippen molar-refractivity contribution < 1.29 is 0 Å². The van der Waals surface area contributed by atoms with Crippen molar-refractivity contribution in [1.29, 1.82) is 0 Å². The molecule has 5 N–H and O–H groups in total. The summed E-state index contributed by atoms with van der Waals surface area (Å²) in [5.74, 6) is 0.604. The third-order valence-corrected chi connectivity index (χ3v) is 2.32. The van der Waals surface area contributed by atoms with Gasteiger partial charge in [-0.3, -0.25) is 0 Å². The zero-order valence-corrected chi connectivity index (χ0v) is 9.46. The highest BCUT2D eigenvalue weighted by Crippen LogP contribution is 2.16. The van der Waals surface area contributed by atoms with Gasteiger partial charge in [-0.15, -0.1) is 0 Å². The average Bonchev–Trinajstić information content (AvgIpc) is 2.28. The number of nitrogen functional groups attached to an aromatic ring is 2. The number of nitrogens with one attached hydrogen (secondary N) is 1. The van der Waals surface area contributed by atoms with Crippen molar-refractivity contribution in [2.45, 2.75) is 13.0 Å². The largest absolute Gasteiger partial charge is 0.368 e. The van der Waals surface area contributed by atoms with Gasteiger partial charge >= 0.3 is 0 Å². The van der Waals surface area contributed by atoms with Gasteiger partial charge in [0.1, 0.15) is 0 Å². The van der Waals surface area contributed by atoms with E-state index in [1.165, 1.54) is 0 Å². The molecule has 0 amide bonds. The van der Waals surface area contributed by atoms with E-state index in [2.05, 4.69) is 20.3 Å². The molecule has 2 aromatic rings. The summed E-state index contributed by atoms with van der Waals surface area (Å²) >= 11 is 0. The Morgan fingerprint density at radius 2 is 1.59 bits per heavy atom. The van der Waals surface area contributed by atoms with Gasteiger partial charge in [-0.25, -0.2) is 0 Å². The molecule has 88 valence electrons. The molecule has 1 unspecified atom stereocenters. The summed E-state index contributed by atoms with van der Waals surface area (Å²) in [5.41, 5.74) is 12.1. The smallest absolute Gasteiger partial charge is 0.229 e. The van der Waals surface area contributed by atoms with Crippen molar-refractivity contribution in [3.63, 3.8) is 0 Å². The molecule has 6 nitrogen and oxygen atoms in total. The van der Waals surface area contributed by atoms with Crippen LogP contribution in [0.2, 0.25) is 0 Å². The Hall–Kier alpha value is -2.37. The molecule has 0 aliphatic carbocycles. The number of rotatable bonds is 3. The highest BCUT2D eigenvalue weighted by atomic mass is 15.2.